The molecule has 1 heterocycles. The van der Waals surface area contributed by atoms with Crippen LogP contribution in [0.2, 0.25) is 0 Å². The number of aromatic nitrogens is 2. The number of carbonyl (C=O) groups is 1. The van der Waals surface area contributed by atoms with Crippen LogP contribution in [0.5, 0.6) is 0 Å². The highest BCUT2D eigenvalue weighted by molar-refractivity contribution is 7.92. The van der Waals surface area contributed by atoms with E-state index in [2.05, 4.69) is 20.0 Å². The van der Waals surface area contributed by atoms with Crippen molar-refractivity contribution in [1.29, 1.82) is 0 Å². The molecule has 0 unspecified atom stereocenters. The van der Waals surface area contributed by atoms with Gasteiger partial charge in [-0.2, -0.15) is 0 Å². The predicted molar refractivity (Wildman–Crippen MR) is 83.1 cm³/mol. The van der Waals surface area contributed by atoms with E-state index in [9.17, 15) is 13.2 Å². The summed E-state index contributed by atoms with van der Waals surface area (Å²) in [6.45, 7) is 4.90. The van der Waals surface area contributed by atoms with Crippen molar-refractivity contribution < 1.29 is 13.2 Å². The number of amides is 1. The van der Waals surface area contributed by atoms with E-state index >= 15 is 0 Å². The molecule has 0 saturated heterocycles. The molecule has 1 amide bonds. The van der Waals surface area contributed by atoms with Gasteiger partial charge in [0.25, 0.3) is 10.0 Å². The Morgan fingerprint density at radius 3 is 2.09 bits per heavy atom. The zero-order chi connectivity index (χ0) is 16.3. The Kier molecular flexibility index (Phi) is 4.41. The molecule has 1 aromatic carbocycles. The Morgan fingerprint density at radius 2 is 1.59 bits per heavy atom. The molecular weight excluding hydrogens is 310 g/mol. The smallest absolute Gasteiger partial charge is 0.264 e. The van der Waals surface area contributed by atoms with Crippen LogP contribution in [0.3, 0.4) is 0 Å². The first-order chi connectivity index (χ1) is 10.3. The molecule has 2 rings (SSSR count). The second-order valence-electron chi connectivity index (χ2n) is 4.79. The van der Waals surface area contributed by atoms with Crippen LogP contribution in [0.15, 0.2) is 35.2 Å². The fourth-order valence-electron chi connectivity index (χ4n) is 1.87. The molecule has 0 bridgehead atoms. The van der Waals surface area contributed by atoms with E-state index in [1.165, 1.54) is 31.2 Å². The van der Waals surface area contributed by atoms with Crippen molar-refractivity contribution >= 4 is 27.6 Å². The van der Waals surface area contributed by atoms with Crippen molar-refractivity contribution in [2.75, 3.05) is 10.0 Å². The Labute approximate surface area is 128 Å². The normalized spacial score (nSPS) is 11.0. The van der Waals surface area contributed by atoms with Crippen molar-refractivity contribution in [3.8, 4) is 0 Å². The summed E-state index contributed by atoms with van der Waals surface area (Å²) in [5.74, 6) is -0.194. The van der Waals surface area contributed by atoms with Gasteiger partial charge in [-0.15, -0.1) is 0 Å². The van der Waals surface area contributed by atoms with Crippen LogP contribution < -0.4 is 10.0 Å². The minimum Gasteiger partial charge on any atom is -0.326 e. The highest BCUT2D eigenvalue weighted by atomic mass is 32.2. The molecule has 0 fully saturated rings. The molecule has 0 aliphatic heterocycles. The molecule has 7 nitrogen and oxygen atoms in total. The fourth-order valence-corrected chi connectivity index (χ4v) is 2.82. The van der Waals surface area contributed by atoms with Gasteiger partial charge in [0.05, 0.1) is 4.90 Å². The maximum absolute atomic E-state index is 12.3. The monoisotopic (exact) mass is 326 g/mol. The van der Waals surface area contributed by atoms with Gasteiger partial charge in [-0.1, -0.05) is 0 Å². The van der Waals surface area contributed by atoms with Gasteiger partial charge >= 0.3 is 0 Å². The second kappa shape index (κ2) is 6.10. The van der Waals surface area contributed by atoms with Gasteiger partial charge in [-0.3, -0.25) is 4.79 Å². The van der Waals surface area contributed by atoms with Crippen LogP contribution in [-0.2, 0) is 14.8 Å². The lowest BCUT2D eigenvalue weighted by Crippen LogP contribution is -2.16. The number of anilines is 2. The first kappa shape index (κ1) is 15.9. The van der Waals surface area contributed by atoms with Crippen LogP contribution in [0.25, 0.3) is 0 Å². The van der Waals surface area contributed by atoms with Gasteiger partial charge in [-0.05, 0) is 44.2 Å². The van der Waals surface area contributed by atoms with Crippen LogP contribution in [-0.4, -0.2) is 24.3 Å². The number of rotatable bonds is 4. The van der Waals surface area contributed by atoms with E-state index in [1.54, 1.807) is 19.9 Å². The molecule has 0 saturated carbocycles. The molecular formula is C14H16N4O3S. The number of carbonyl (C=O) groups excluding carboxylic acids is 1. The first-order valence-corrected chi connectivity index (χ1v) is 7.97. The summed E-state index contributed by atoms with van der Waals surface area (Å²) in [5, 5.41) is 2.57. The zero-order valence-electron chi connectivity index (χ0n) is 12.4. The highest BCUT2D eigenvalue weighted by Gasteiger charge is 2.16. The average Bonchev–Trinajstić information content (AvgIpc) is 2.36. The van der Waals surface area contributed by atoms with Crippen molar-refractivity contribution in [3.63, 3.8) is 0 Å². The van der Waals surface area contributed by atoms with Crippen molar-refractivity contribution in [1.82, 2.24) is 9.97 Å². The Bertz CT molecular complexity index is 781. The van der Waals surface area contributed by atoms with Gasteiger partial charge in [0.2, 0.25) is 11.9 Å². The lowest BCUT2D eigenvalue weighted by molar-refractivity contribution is -0.114. The third kappa shape index (κ3) is 4.01. The van der Waals surface area contributed by atoms with Gasteiger partial charge in [0, 0.05) is 24.0 Å². The summed E-state index contributed by atoms with van der Waals surface area (Å²) in [6.07, 6.45) is 0. The van der Waals surface area contributed by atoms with Crippen molar-refractivity contribution in [2.24, 2.45) is 0 Å². The molecule has 1 aromatic heterocycles. The van der Waals surface area contributed by atoms with Crippen LogP contribution >= 0.6 is 0 Å². The Hall–Kier alpha value is -2.48. The molecule has 116 valence electrons. The predicted octanol–water partition coefficient (Wildman–Crippen LogP) is 1.85. The summed E-state index contributed by atoms with van der Waals surface area (Å²) in [7, 11) is -3.78. The summed E-state index contributed by atoms with van der Waals surface area (Å²) in [5.41, 5.74) is 1.87. The lowest BCUT2D eigenvalue weighted by Gasteiger charge is -2.09. The third-order valence-electron chi connectivity index (χ3n) is 2.69. The topological polar surface area (TPSA) is 101 Å². The fraction of sp³-hybridized carbons (Fsp3) is 0.214. The molecule has 0 aliphatic carbocycles. The molecule has 8 heteroatoms. The first-order valence-electron chi connectivity index (χ1n) is 6.49. The average molecular weight is 326 g/mol. The minimum atomic E-state index is -3.78. The number of nitrogens with one attached hydrogen (secondary N) is 2. The van der Waals surface area contributed by atoms with Gasteiger partial charge in [0.15, 0.2) is 0 Å². The summed E-state index contributed by atoms with van der Waals surface area (Å²) < 4.78 is 26.9. The molecule has 0 radical (unpaired) electrons. The van der Waals surface area contributed by atoms with Gasteiger partial charge in [0.1, 0.15) is 0 Å². The molecule has 2 aromatic rings. The van der Waals surface area contributed by atoms with Crippen molar-refractivity contribution in [3.05, 3.63) is 41.7 Å². The number of benzene rings is 1. The van der Waals surface area contributed by atoms with Crippen molar-refractivity contribution in [2.45, 2.75) is 25.7 Å². The number of hydrogen-bond acceptors (Lipinski definition) is 5. The summed E-state index contributed by atoms with van der Waals surface area (Å²) in [4.78, 5) is 19.1. The van der Waals surface area contributed by atoms with Gasteiger partial charge < -0.3 is 5.32 Å². The molecule has 0 atom stereocenters. The third-order valence-corrected chi connectivity index (χ3v) is 4.04. The second-order valence-corrected chi connectivity index (χ2v) is 6.47. The number of nitrogens with zero attached hydrogens (tertiary/aromatic N) is 2. The van der Waals surface area contributed by atoms with Crippen LogP contribution in [0, 0.1) is 13.8 Å². The number of hydrogen-bond donors (Lipinski definition) is 2. The molecule has 22 heavy (non-hydrogen) atoms. The lowest BCUT2D eigenvalue weighted by atomic mass is 10.4. The quantitative estimate of drug-likeness (QED) is 0.893. The SMILES string of the molecule is CC(=O)N[13c]1[13cH][13cH][13c](S(=O)(=O)Nc2nc(C)cc(C)n2)[13cH][13cH]1. The molecule has 2 N–H and O–H groups in total. The molecule has 0 spiro atoms. The summed E-state index contributed by atoms with van der Waals surface area (Å²) >= 11 is 0. The van der Waals surface area contributed by atoms with E-state index < -0.39 is 10.0 Å². The van der Waals surface area contributed by atoms with Crippen LogP contribution in [0.1, 0.15) is 18.3 Å². The summed E-state index contributed by atoms with van der Waals surface area (Å²) in [6, 6.07) is 7.57. The van der Waals surface area contributed by atoms with E-state index in [1.807, 2.05) is 0 Å². The Morgan fingerprint density at radius 1 is 1.05 bits per heavy atom. The maximum Gasteiger partial charge on any atom is 0.264 e. The highest BCUT2D eigenvalue weighted by Crippen LogP contribution is 2.17. The maximum atomic E-state index is 12.3. The number of aryl methyl sites for hydroxylation is 2. The largest absolute Gasteiger partial charge is 0.326 e. The van der Waals surface area contributed by atoms with E-state index in [0.29, 0.717) is 17.1 Å². The van der Waals surface area contributed by atoms with Gasteiger partial charge in [-0.25, -0.2) is 23.1 Å². The van der Waals surface area contributed by atoms with E-state index in [-0.39, 0.29) is 16.8 Å². The zero-order valence-corrected chi connectivity index (χ0v) is 13.2. The molecule has 0 aliphatic rings. The standard InChI is InChI=1S/C14H16N4O3S/c1-9-8-10(2)16-14(15-9)18-22(20,21)13-6-4-12(5-7-13)17-11(3)19/h4-8H,1-3H3,(H,17,19)(H,15,16,18)/i4+1,5+1,6+1,7+1,12+1,13+1. The van der Waals surface area contributed by atoms with E-state index in [4.69, 9.17) is 0 Å². The number of sulfonamides is 1. The van der Waals surface area contributed by atoms with Crippen LogP contribution in [0.4, 0.5) is 11.6 Å². The Balaban J connectivity index is 2.24. The van der Waals surface area contributed by atoms with E-state index in [0.717, 1.165) is 0 Å². The minimum absolute atomic E-state index is 0.0310.